The molecule has 1 rings (SSSR count). The number of halogens is 1. The number of primary amides is 1. The van der Waals surface area contributed by atoms with Crippen molar-refractivity contribution in [1.82, 2.24) is 0 Å². The fourth-order valence-electron chi connectivity index (χ4n) is 1.35. The van der Waals surface area contributed by atoms with Crippen molar-refractivity contribution in [1.29, 1.82) is 0 Å². The first-order valence-electron chi connectivity index (χ1n) is 4.57. The topological polar surface area (TPSA) is 72.3 Å². The molecule has 0 atom stereocenters. The van der Waals surface area contributed by atoms with Gasteiger partial charge in [-0.1, -0.05) is 0 Å². The Morgan fingerprint density at radius 3 is 2.73 bits per heavy atom. The number of hydrogen-bond acceptors (Lipinski definition) is 3. The lowest BCUT2D eigenvalue weighted by molar-refractivity contribution is 0.100. The normalized spacial score (nSPS) is 10.1. The van der Waals surface area contributed by atoms with Gasteiger partial charge in [0, 0.05) is 25.8 Å². The first-order chi connectivity index (χ1) is 7.06. The number of anilines is 1. The molecule has 0 aromatic heterocycles. The van der Waals surface area contributed by atoms with Crippen molar-refractivity contribution < 1.29 is 9.18 Å². The van der Waals surface area contributed by atoms with Crippen molar-refractivity contribution >= 4 is 11.6 Å². The van der Waals surface area contributed by atoms with Crippen LogP contribution in [0.3, 0.4) is 0 Å². The van der Waals surface area contributed by atoms with E-state index in [9.17, 15) is 9.18 Å². The van der Waals surface area contributed by atoms with Gasteiger partial charge in [-0.15, -0.1) is 0 Å². The molecule has 1 aromatic carbocycles. The van der Waals surface area contributed by atoms with Gasteiger partial charge in [0.05, 0.1) is 5.56 Å². The molecule has 0 spiro atoms. The van der Waals surface area contributed by atoms with E-state index in [1.165, 1.54) is 12.1 Å². The highest BCUT2D eigenvalue weighted by atomic mass is 19.1. The molecule has 0 bridgehead atoms. The van der Waals surface area contributed by atoms with Crippen LogP contribution in [0.1, 0.15) is 10.4 Å². The van der Waals surface area contributed by atoms with Crippen LogP contribution in [0.5, 0.6) is 0 Å². The quantitative estimate of drug-likeness (QED) is 0.753. The smallest absolute Gasteiger partial charge is 0.250 e. The Kier molecular flexibility index (Phi) is 3.62. The standard InChI is InChI=1S/C10H14FN3O/c1-14(5-4-12)9-3-2-7(11)6-8(9)10(13)15/h2-3,6H,4-5,12H2,1H3,(H2,13,15). The van der Waals surface area contributed by atoms with E-state index >= 15 is 0 Å². The Bertz CT molecular complexity index is 368. The highest BCUT2D eigenvalue weighted by Crippen LogP contribution is 2.19. The molecule has 4 N–H and O–H groups in total. The van der Waals surface area contributed by atoms with Crippen molar-refractivity contribution in [2.24, 2.45) is 11.5 Å². The highest BCUT2D eigenvalue weighted by Gasteiger charge is 2.12. The number of hydrogen-bond donors (Lipinski definition) is 2. The van der Waals surface area contributed by atoms with Crippen LogP contribution in [0, 0.1) is 5.82 Å². The van der Waals surface area contributed by atoms with Gasteiger partial charge >= 0.3 is 0 Å². The van der Waals surface area contributed by atoms with Gasteiger partial charge in [-0.05, 0) is 18.2 Å². The minimum atomic E-state index is -0.645. The molecule has 1 aromatic rings. The van der Waals surface area contributed by atoms with Crippen molar-refractivity contribution in [3.63, 3.8) is 0 Å². The Morgan fingerprint density at radius 2 is 2.20 bits per heavy atom. The Hall–Kier alpha value is -1.62. The van der Waals surface area contributed by atoms with Gasteiger partial charge in [0.2, 0.25) is 0 Å². The molecule has 1 amide bonds. The molecule has 0 radical (unpaired) electrons. The molecule has 0 saturated heterocycles. The van der Waals surface area contributed by atoms with Gasteiger partial charge in [-0.3, -0.25) is 4.79 Å². The minimum Gasteiger partial charge on any atom is -0.373 e. The van der Waals surface area contributed by atoms with Crippen LogP contribution < -0.4 is 16.4 Å². The maximum Gasteiger partial charge on any atom is 0.250 e. The van der Waals surface area contributed by atoms with E-state index in [-0.39, 0.29) is 5.56 Å². The predicted molar refractivity (Wildman–Crippen MR) is 57.2 cm³/mol. The summed E-state index contributed by atoms with van der Waals surface area (Å²) in [5, 5.41) is 0. The van der Waals surface area contributed by atoms with Gasteiger partial charge in [-0.25, -0.2) is 4.39 Å². The van der Waals surface area contributed by atoms with Crippen LogP contribution in [-0.4, -0.2) is 26.0 Å². The Morgan fingerprint density at radius 1 is 1.53 bits per heavy atom. The Labute approximate surface area is 87.7 Å². The summed E-state index contributed by atoms with van der Waals surface area (Å²) in [5.41, 5.74) is 11.3. The summed E-state index contributed by atoms with van der Waals surface area (Å²) < 4.78 is 12.9. The zero-order valence-corrected chi connectivity index (χ0v) is 8.53. The third kappa shape index (κ3) is 2.66. The molecular formula is C10H14FN3O. The monoisotopic (exact) mass is 211 g/mol. The van der Waals surface area contributed by atoms with Crippen molar-refractivity contribution in [2.75, 3.05) is 25.0 Å². The van der Waals surface area contributed by atoms with E-state index in [0.29, 0.717) is 18.8 Å². The second-order valence-corrected chi connectivity index (χ2v) is 3.24. The molecule has 82 valence electrons. The number of amides is 1. The van der Waals surface area contributed by atoms with Crippen molar-refractivity contribution in [3.05, 3.63) is 29.6 Å². The van der Waals surface area contributed by atoms with Crippen LogP contribution in [-0.2, 0) is 0 Å². The zero-order chi connectivity index (χ0) is 11.4. The summed E-state index contributed by atoms with van der Waals surface area (Å²) in [6, 6.07) is 3.94. The number of carbonyl (C=O) groups excluding carboxylic acids is 1. The molecule has 0 saturated carbocycles. The number of carbonyl (C=O) groups is 1. The Balaban J connectivity index is 3.10. The van der Waals surface area contributed by atoms with Crippen molar-refractivity contribution in [2.45, 2.75) is 0 Å². The molecule has 0 aliphatic carbocycles. The fourth-order valence-corrected chi connectivity index (χ4v) is 1.35. The van der Waals surface area contributed by atoms with E-state index in [2.05, 4.69) is 0 Å². The van der Waals surface area contributed by atoms with Gasteiger partial charge in [0.25, 0.3) is 5.91 Å². The van der Waals surface area contributed by atoms with Gasteiger partial charge in [0.15, 0.2) is 0 Å². The molecule has 0 fully saturated rings. The molecule has 0 unspecified atom stereocenters. The van der Waals surface area contributed by atoms with E-state index in [1.807, 2.05) is 0 Å². The molecule has 5 heteroatoms. The highest BCUT2D eigenvalue weighted by molar-refractivity contribution is 5.98. The first kappa shape index (κ1) is 11.5. The van der Waals surface area contributed by atoms with Crippen LogP contribution in [0.4, 0.5) is 10.1 Å². The van der Waals surface area contributed by atoms with Crippen molar-refractivity contribution in [3.8, 4) is 0 Å². The zero-order valence-electron chi connectivity index (χ0n) is 8.53. The van der Waals surface area contributed by atoms with E-state index in [0.717, 1.165) is 6.07 Å². The number of benzene rings is 1. The summed E-state index contributed by atoms with van der Waals surface area (Å²) in [7, 11) is 1.77. The summed E-state index contributed by atoms with van der Waals surface area (Å²) in [6.07, 6.45) is 0. The molecule has 4 nitrogen and oxygen atoms in total. The number of rotatable bonds is 4. The number of nitrogens with zero attached hydrogens (tertiary/aromatic N) is 1. The van der Waals surface area contributed by atoms with E-state index < -0.39 is 11.7 Å². The molecule has 0 aliphatic heterocycles. The average Bonchev–Trinajstić information content (AvgIpc) is 2.17. The van der Waals surface area contributed by atoms with Crippen LogP contribution in [0.25, 0.3) is 0 Å². The lowest BCUT2D eigenvalue weighted by Gasteiger charge is -2.20. The molecule has 15 heavy (non-hydrogen) atoms. The second-order valence-electron chi connectivity index (χ2n) is 3.24. The number of likely N-dealkylation sites (N-methyl/N-ethyl adjacent to an activating group) is 1. The van der Waals surface area contributed by atoms with Crippen LogP contribution in [0.2, 0.25) is 0 Å². The second kappa shape index (κ2) is 4.75. The number of nitrogens with two attached hydrogens (primary N) is 2. The van der Waals surface area contributed by atoms with E-state index in [4.69, 9.17) is 11.5 Å². The van der Waals surface area contributed by atoms with Gasteiger partial charge in [0.1, 0.15) is 5.82 Å². The molecular weight excluding hydrogens is 197 g/mol. The third-order valence-electron chi connectivity index (χ3n) is 2.10. The SMILES string of the molecule is CN(CCN)c1ccc(F)cc1C(N)=O. The lowest BCUT2D eigenvalue weighted by atomic mass is 10.1. The maximum atomic E-state index is 12.9. The minimum absolute atomic E-state index is 0.172. The average molecular weight is 211 g/mol. The summed E-state index contributed by atoms with van der Waals surface area (Å²) in [5.74, 6) is -1.12. The van der Waals surface area contributed by atoms with Gasteiger partial charge in [-0.2, -0.15) is 0 Å². The van der Waals surface area contributed by atoms with Crippen LogP contribution >= 0.6 is 0 Å². The molecule has 0 aliphatic rings. The van der Waals surface area contributed by atoms with Gasteiger partial charge < -0.3 is 16.4 Å². The summed E-state index contributed by atoms with van der Waals surface area (Å²) in [6.45, 7) is 1.03. The largest absolute Gasteiger partial charge is 0.373 e. The predicted octanol–water partition coefficient (Wildman–Crippen LogP) is 0.320. The first-order valence-corrected chi connectivity index (χ1v) is 4.57. The third-order valence-corrected chi connectivity index (χ3v) is 2.10. The van der Waals surface area contributed by atoms with E-state index in [1.54, 1.807) is 11.9 Å². The summed E-state index contributed by atoms with van der Waals surface area (Å²) >= 11 is 0. The fraction of sp³-hybridized carbons (Fsp3) is 0.300. The maximum absolute atomic E-state index is 12.9. The van der Waals surface area contributed by atoms with Crippen LogP contribution in [0.15, 0.2) is 18.2 Å². The molecule has 0 heterocycles. The summed E-state index contributed by atoms with van der Waals surface area (Å²) in [4.78, 5) is 12.8. The lowest BCUT2D eigenvalue weighted by Crippen LogP contribution is -2.27.